The summed E-state index contributed by atoms with van der Waals surface area (Å²) in [4.78, 5) is 0.0256. The minimum Gasteiger partial charge on any atom is -0.116 e. The van der Waals surface area contributed by atoms with Crippen molar-refractivity contribution in [3.05, 3.63) is 69.7 Å². The molecule has 0 aliphatic heterocycles. The van der Waals surface area contributed by atoms with E-state index in [-0.39, 0.29) is 10.2 Å². The van der Waals surface area contributed by atoms with E-state index in [1.807, 2.05) is 48.5 Å². The average Bonchev–Trinajstić information content (AvgIpc) is 2.39. The Morgan fingerprint density at radius 2 is 1.11 bits per heavy atom. The van der Waals surface area contributed by atoms with Gasteiger partial charge in [-0.2, -0.15) is 0 Å². The molecule has 94 valence electrons. The Balaban J connectivity index is 2.20. The van der Waals surface area contributed by atoms with E-state index in [2.05, 4.69) is 15.9 Å². The molecular formula is C14H10BrCl3. The summed E-state index contributed by atoms with van der Waals surface area (Å²) in [7, 11) is 0. The highest BCUT2D eigenvalue weighted by Crippen LogP contribution is 2.41. The van der Waals surface area contributed by atoms with Gasteiger partial charge in [-0.25, -0.2) is 0 Å². The van der Waals surface area contributed by atoms with Crippen LogP contribution in [-0.4, -0.2) is 0 Å². The first-order valence-electron chi connectivity index (χ1n) is 5.37. The normalized spacial score (nSPS) is 14.2. The van der Waals surface area contributed by atoms with Crippen LogP contribution in [0.2, 0.25) is 10.0 Å². The van der Waals surface area contributed by atoms with E-state index in [9.17, 15) is 0 Å². The van der Waals surface area contributed by atoms with Crippen molar-refractivity contribution < 1.29 is 0 Å². The van der Waals surface area contributed by atoms with Crippen molar-refractivity contribution in [2.45, 2.75) is 10.2 Å². The molecule has 2 atom stereocenters. The van der Waals surface area contributed by atoms with Gasteiger partial charge in [0.2, 0.25) is 0 Å². The summed E-state index contributed by atoms with van der Waals surface area (Å²) in [6.45, 7) is 0. The molecule has 0 radical (unpaired) electrons. The van der Waals surface area contributed by atoms with Crippen LogP contribution in [0.15, 0.2) is 48.5 Å². The third-order valence-corrected chi connectivity index (χ3v) is 5.00. The molecule has 0 aliphatic carbocycles. The van der Waals surface area contributed by atoms with Crippen LogP contribution in [0.4, 0.5) is 0 Å². The predicted molar refractivity (Wildman–Crippen MR) is 83.2 cm³/mol. The van der Waals surface area contributed by atoms with E-state index in [0.29, 0.717) is 5.02 Å². The molecule has 0 fully saturated rings. The van der Waals surface area contributed by atoms with Crippen LogP contribution in [0.3, 0.4) is 0 Å². The van der Waals surface area contributed by atoms with Crippen molar-refractivity contribution in [3.63, 3.8) is 0 Å². The summed E-state index contributed by atoms with van der Waals surface area (Å²) in [5, 5.41) is 1.26. The van der Waals surface area contributed by atoms with Gasteiger partial charge in [0.1, 0.15) is 0 Å². The van der Waals surface area contributed by atoms with Crippen LogP contribution < -0.4 is 0 Å². The fourth-order valence-corrected chi connectivity index (χ4v) is 2.78. The molecule has 2 aromatic rings. The van der Waals surface area contributed by atoms with Gasteiger partial charge in [-0.3, -0.25) is 0 Å². The lowest BCUT2D eigenvalue weighted by molar-refractivity contribution is 0.909. The van der Waals surface area contributed by atoms with Crippen molar-refractivity contribution in [1.29, 1.82) is 0 Å². The monoisotopic (exact) mass is 362 g/mol. The number of hydrogen-bond acceptors (Lipinski definition) is 0. The molecule has 0 unspecified atom stereocenters. The van der Waals surface area contributed by atoms with Gasteiger partial charge in [-0.15, -0.1) is 11.6 Å². The zero-order chi connectivity index (χ0) is 13.1. The van der Waals surface area contributed by atoms with Crippen LogP contribution >= 0.6 is 50.7 Å². The van der Waals surface area contributed by atoms with Gasteiger partial charge >= 0.3 is 0 Å². The highest BCUT2D eigenvalue weighted by atomic mass is 79.9. The fraction of sp³-hybridized carbons (Fsp3) is 0.143. The number of rotatable bonds is 3. The highest BCUT2D eigenvalue weighted by molar-refractivity contribution is 9.09. The molecular weight excluding hydrogens is 354 g/mol. The van der Waals surface area contributed by atoms with Crippen LogP contribution in [-0.2, 0) is 0 Å². The molecule has 2 rings (SSSR count). The van der Waals surface area contributed by atoms with Crippen molar-refractivity contribution >= 4 is 50.7 Å². The zero-order valence-electron chi connectivity index (χ0n) is 9.29. The summed E-state index contributed by atoms with van der Waals surface area (Å²) in [6, 6.07) is 15.2. The van der Waals surface area contributed by atoms with Gasteiger partial charge in [0, 0.05) is 10.0 Å². The highest BCUT2D eigenvalue weighted by Gasteiger charge is 2.19. The van der Waals surface area contributed by atoms with Gasteiger partial charge in [0.05, 0.1) is 10.2 Å². The fourth-order valence-electron chi connectivity index (χ4n) is 1.63. The molecule has 0 aromatic heterocycles. The molecule has 0 spiro atoms. The number of benzene rings is 2. The minimum absolute atomic E-state index is 0.0256. The first-order valence-corrected chi connectivity index (χ1v) is 7.48. The van der Waals surface area contributed by atoms with E-state index in [0.717, 1.165) is 16.1 Å². The lowest BCUT2D eigenvalue weighted by Crippen LogP contribution is -1.99. The molecule has 2 aromatic carbocycles. The van der Waals surface area contributed by atoms with Crippen LogP contribution in [0.5, 0.6) is 0 Å². The summed E-state index contributed by atoms with van der Waals surface area (Å²) in [5.41, 5.74) is 2.12. The molecule has 0 saturated heterocycles. The average molecular weight is 364 g/mol. The molecule has 0 aliphatic rings. The van der Waals surface area contributed by atoms with E-state index < -0.39 is 0 Å². The van der Waals surface area contributed by atoms with Gasteiger partial charge < -0.3 is 0 Å². The molecule has 0 N–H and O–H groups in total. The van der Waals surface area contributed by atoms with Crippen molar-refractivity contribution in [3.8, 4) is 0 Å². The van der Waals surface area contributed by atoms with Crippen molar-refractivity contribution in [1.82, 2.24) is 0 Å². The number of alkyl halides is 2. The second-order valence-corrected chi connectivity index (χ2v) is 6.24. The van der Waals surface area contributed by atoms with Crippen LogP contribution in [0, 0.1) is 0 Å². The molecule has 0 heterocycles. The maximum absolute atomic E-state index is 6.46. The first-order chi connectivity index (χ1) is 8.58. The van der Waals surface area contributed by atoms with Crippen LogP contribution in [0.25, 0.3) is 0 Å². The molecule has 0 nitrogen and oxygen atoms in total. The SMILES string of the molecule is Clc1ccc([C@@H](Cl)[C@H](Br)c2ccc(Cl)cc2)cc1. The van der Waals surface area contributed by atoms with Crippen LogP contribution in [0.1, 0.15) is 21.3 Å². The lowest BCUT2D eigenvalue weighted by Gasteiger charge is -2.17. The van der Waals surface area contributed by atoms with Crippen molar-refractivity contribution in [2.75, 3.05) is 0 Å². The van der Waals surface area contributed by atoms with E-state index >= 15 is 0 Å². The standard InChI is InChI=1S/C14H10BrCl3/c15-13(9-1-5-11(16)6-2-9)14(18)10-3-7-12(17)8-4-10/h1-8,13-14H/t13-,14-/m1/s1. The number of halogens is 4. The molecule has 4 heteroatoms. The topological polar surface area (TPSA) is 0 Å². The number of hydrogen-bond donors (Lipinski definition) is 0. The second kappa shape index (κ2) is 6.29. The van der Waals surface area contributed by atoms with E-state index in [1.54, 1.807) is 0 Å². The maximum atomic E-state index is 6.46. The zero-order valence-corrected chi connectivity index (χ0v) is 13.1. The maximum Gasteiger partial charge on any atom is 0.0751 e. The Labute approximate surface area is 130 Å². The van der Waals surface area contributed by atoms with Gasteiger partial charge in [-0.1, -0.05) is 63.4 Å². The summed E-state index contributed by atoms with van der Waals surface area (Å²) in [6.07, 6.45) is 0. The Kier molecular flexibility index (Phi) is 4.97. The molecule has 0 saturated carbocycles. The quantitative estimate of drug-likeness (QED) is 0.552. The third-order valence-electron chi connectivity index (χ3n) is 2.63. The smallest absolute Gasteiger partial charge is 0.0751 e. The van der Waals surface area contributed by atoms with Gasteiger partial charge in [0.25, 0.3) is 0 Å². The second-order valence-electron chi connectivity index (χ2n) is 3.91. The predicted octanol–water partition coefficient (Wildman–Crippen LogP) is 6.41. The van der Waals surface area contributed by atoms with Gasteiger partial charge in [-0.05, 0) is 35.4 Å². The molecule has 0 amide bonds. The van der Waals surface area contributed by atoms with Gasteiger partial charge in [0.15, 0.2) is 0 Å². The summed E-state index contributed by atoms with van der Waals surface area (Å²) < 4.78 is 0. The Morgan fingerprint density at radius 1 is 0.722 bits per heavy atom. The lowest BCUT2D eigenvalue weighted by atomic mass is 10.0. The molecule has 0 bridgehead atoms. The Morgan fingerprint density at radius 3 is 1.56 bits per heavy atom. The third kappa shape index (κ3) is 3.42. The summed E-state index contributed by atoms with van der Waals surface area (Å²) in [5.74, 6) is 0. The molecule has 18 heavy (non-hydrogen) atoms. The van der Waals surface area contributed by atoms with E-state index in [1.165, 1.54) is 0 Å². The Hall–Kier alpha value is -0.210. The Bertz CT molecular complexity index is 458. The van der Waals surface area contributed by atoms with Crippen molar-refractivity contribution in [2.24, 2.45) is 0 Å². The van der Waals surface area contributed by atoms with E-state index in [4.69, 9.17) is 34.8 Å². The minimum atomic E-state index is -0.163. The summed E-state index contributed by atoms with van der Waals surface area (Å²) >= 11 is 21.8. The largest absolute Gasteiger partial charge is 0.116 e. The first kappa shape index (κ1) is 14.2.